The third kappa shape index (κ3) is 8.08. The van der Waals surface area contributed by atoms with Gasteiger partial charge in [-0.25, -0.2) is 0 Å². The summed E-state index contributed by atoms with van der Waals surface area (Å²) in [6.07, 6.45) is 4.52. The van der Waals surface area contributed by atoms with Crippen LogP contribution in [0.4, 0.5) is 0 Å². The fourth-order valence-corrected chi connectivity index (χ4v) is 1.50. The lowest BCUT2D eigenvalue weighted by molar-refractivity contribution is -0.197. The van der Waals surface area contributed by atoms with E-state index >= 15 is 0 Å². The predicted molar refractivity (Wildman–Crippen MR) is 66.6 cm³/mol. The summed E-state index contributed by atoms with van der Waals surface area (Å²) in [6, 6.07) is 0. The first-order chi connectivity index (χ1) is 7.68. The van der Waals surface area contributed by atoms with Gasteiger partial charge in [0.25, 0.3) is 0 Å². The lowest BCUT2D eigenvalue weighted by atomic mass is 10.2. The van der Waals surface area contributed by atoms with Crippen molar-refractivity contribution in [2.24, 2.45) is 0 Å². The van der Waals surface area contributed by atoms with E-state index in [9.17, 15) is 0 Å². The zero-order valence-electron chi connectivity index (χ0n) is 11.4. The Hall–Kier alpha value is -0.120. The average molecular weight is 232 g/mol. The van der Waals surface area contributed by atoms with Crippen molar-refractivity contribution in [1.29, 1.82) is 0 Å². The third-order valence-corrected chi connectivity index (χ3v) is 2.50. The molecule has 1 atom stereocenters. The van der Waals surface area contributed by atoms with E-state index < -0.39 is 0 Å². The van der Waals surface area contributed by atoms with Crippen molar-refractivity contribution < 1.29 is 14.2 Å². The lowest BCUT2D eigenvalue weighted by Gasteiger charge is -2.23. The fourth-order valence-electron chi connectivity index (χ4n) is 1.50. The van der Waals surface area contributed by atoms with Gasteiger partial charge >= 0.3 is 0 Å². The van der Waals surface area contributed by atoms with E-state index in [2.05, 4.69) is 6.92 Å². The first-order valence-corrected chi connectivity index (χ1v) is 6.54. The van der Waals surface area contributed by atoms with Crippen LogP contribution in [-0.2, 0) is 14.2 Å². The smallest absolute Gasteiger partial charge is 0.165 e. The van der Waals surface area contributed by atoms with Gasteiger partial charge in [-0.2, -0.15) is 0 Å². The van der Waals surface area contributed by atoms with Crippen LogP contribution in [0.15, 0.2) is 0 Å². The van der Waals surface area contributed by atoms with Crippen molar-refractivity contribution >= 4 is 0 Å². The Morgan fingerprint density at radius 3 is 2.25 bits per heavy atom. The van der Waals surface area contributed by atoms with Crippen molar-refractivity contribution in [3.8, 4) is 0 Å². The second-order valence-corrected chi connectivity index (χ2v) is 4.07. The zero-order chi connectivity index (χ0) is 12.3. The van der Waals surface area contributed by atoms with Crippen LogP contribution in [0.5, 0.6) is 0 Å². The van der Waals surface area contributed by atoms with Crippen LogP contribution in [-0.4, -0.2) is 32.2 Å². The van der Waals surface area contributed by atoms with E-state index in [4.69, 9.17) is 14.2 Å². The Balaban J connectivity index is 0.000000385. The predicted octanol–water partition coefficient (Wildman–Crippen LogP) is 3.37. The average Bonchev–Trinajstić information content (AvgIpc) is 2.68. The quantitative estimate of drug-likeness (QED) is 0.657. The van der Waals surface area contributed by atoms with Gasteiger partial charge in [0.15, 0.2) is 5.79 Å². The number of ether oxygens (including phenoxy) is 3. The maximum atomic E-state index is 5.61. The summed E-state index contributed by atoms with van der Waals surface area (Å²) in [5.74, 6) is -0.255. The van der Waals surface area contributed by atoms with Gasteiger partial charge in [-0.1, -0.05) is 13.3 Å². The van der Waals surface area contributed by atoms with Crippen molar-refractivity contribution in [3.63, 3.8) is 0 Å². The van der Waals surface area contributed by atoms with Gasteiger partial charge in [-0.15, -0.1) is 0 Å². The Bertz CT molecular complexity index is 140. The second-order valence-electron chi connectivity index (χ2n) is 4.07. The number of unbranched alkanes of at least 4 members (excludes halogenated alkanes) is 1. The summed E-state index contributed by atoms with van der Waals surface area (Å²) >= 11 is 0. The summed E-state index contributed by atoms with van der Waals surface area (Å²) in [7, 11) is 0. The van der Waals surface area contributed by atoms with Crippen LogP contribution in [0, 0.1) is 0 Å². The maximum absolute atomic E-state index is 5.61. The van der Waals surface area contributed by atoms with Crippen LogP contribution < -0.4 is 0 Å². The van der Waals surface area contributed by atoms with Crippen LogP contribution in [0.1, 0.15) is 53.4 Å². The monoisotopic (exact) mass is 232 g/mol. The van der Waals surface area contributed by atoms with Crippen LogP contribution in [0.3, 0.4) is 0 Å². The van der Waals surface area contributed by atoms with E-state index in [0.29, 0.717) is 0 Å². The lowest BCUT2D eigenvalue weighted by Crippen LogP contribution is -2.27. The van der Waals surface area contributed by atoms with E-state index in [1.165, 1.54) is 6.42 Å². The minimum Gasteiger partial charge on any atom is -0.382 e. The molecule has 0 N–H and O–H groups in total. The fraction of sp³-hybridized carbons (Fsp3) is 1.00. The Kier molecular flexibility index (Phi) is 9.99. The Labute approximate surface area is 100 Å². The van der Waals surface area contributed by atoms with Gasteiger partial charge in [0, 0.05) is 26.2 Å². The highest BCUT2D eigenvalue weighted by Gasteiger charge is 2.29. The summed E-state index contributed by atoms with van der Waals surface area (Å²) in [4.78, 5) is 0. The summed E-state index contributed by atoms with van der Waals surface area (Å²) in [5.41, 5.74) is 0. The molecular weight excluding hydrogens is 204 g/mol. The molecule has 98 valence electrons. The van der Waals surface area contributed by atoms with Gasteiger partial charge in [0.1, 0.15) is 0 Å². The highest BCUT2D eigenvalue weighted by Crippen LogP contribution is 2.26. The first kappa shape index (κ1) is 15.9. The molecule has 0 radical (unpaired) electrons. The van der Waals surface area contributed by atoms with Gasteiger partial charge in [-0.05, 0) is 33.6 Å². The minimum atomic E-state index is -0.255. The van der Waals surface area contributed by atoms with Crippen molar-refractivity contribution in [1.82, 2.24) is 0 Å². The van der Waals surface area contributed by atoms with Gasteiger partial charge in [-0.3, -0.25) is 0 Å². The molecule has 1 heterocycles. The summed E-state index contributed by atoms with van der Waals surface area (Å²) in [6.45, 7) is 11.6. The SMILES string of the molecule is CCCCOC1(C)CCCO1.CCOCC. The van der Waals surface area contributed by atoms with Crippen molar-refractivity contribution in [2.75, 3.05) is 26.4 Å². The van der Waals surface area contributed by atoms with Crippen LogP contribution >= 0.6 is 0 Å². The molecule has 0 saturated carbocycles. The number of rotatable bonds is 6. The largest absolute Gasteiger partial charge is 0.382 e. The highest BCUT2D eigenvalue weighted by atomic mass is 16.7. The molecule has 0 aliphatic carbocycles. The molecular formula is C13H28O3. The molecule has 1 unspecified atom stereocenters. The summed E-state index contributed by atoms with van der Waals surface area (Å²) in [5, 5.41) is 0. The molecule has 0 aromatic heterocycles. The molecule has 0 aromatic carbocycles. The van der Waals surface area contributed by atoms with Crippen molar-refractivity contribution in [2.45, 2.75) is 59.2 Å². The minimum absolute atomic E-state index is 0.255. The topological polar surface area (TPSA) is 27.7 Å². The molecule has 0 amide bonds. The van der Waals surface area contributed by atoms with E-state index in [0.717, 1.165) is 45.7 Å². The molecule has 3 nitrogen and oxygen atoms in total. The normalized spacial score (nSPS) is 24.0. The molecule has 1 aliphatic rings. The van der Waals surface area contributed by atoms with Crippen LogP contribution in [0.25, 0.3) is 0 Å². The molecule has 1 aliphatic heterocycles. The van der Waals surface area contributed by atoms with Crippen molar-refractivity contribution in [3.05, 3.63) is 0 Å². The number of hydrogen-bond acceptors (Lipinski definition) is 3. The van der Waals surface area contributed by atoms with Gasteiger partial charge in [0.2, 0.25) is 0 Å². The summed E-state index contributed by atoms with van der Waals surface area (Å²) < 4.78 is 15.9. The molecule has 1 saturated heterocycles. The Morgan fingerprint density at radius 1 is 1.19 bits per heavy atom. The number of hydrogen-bond donors (Lipinski definition) is 0. The highest BCUT2D eigenvalue weighted by molar-refractivity contribution is 4.69. The molecule has 16 heavy (non-hydrogen) atoms. The van der Waals surface area contributed by atoms with Gasteiger partial charge in [0.05, 0.1) is 6.61 Å². The second kappa shape index (κ2) is 10.1. The van der Waals surface area contributed by atoms with Crippen LogP contribution in [0.2, 0.25) is 0 Å². The molecule has 1 fully saturated rings. The van der Waals surface area contributed by atoms with E-state index in [1.54, 1.807) is 0 Å². The Morgan fingerprint density at radius 2 is 1.88 bits per heavy atom. The molecule has 1 rings (SSSR count). The molecule has 0 spiro atoms. The van der Waals surface area contributed by atoms with Gasteiger partial charge < -0.3 is 14.2 Å². The van der Waals surface area contributed by atoms with E-state index in [1.807, 2.05) is 20.8 Å². The van der Waals surface area contributed by atoms with E-state index in [-0.39, 0.29) is 5.79 Å². The maximum Gasteiger partial charge on any atom is 0.165 e. The third-order valence-electron chi connectivity index (χ3n) is 2.50. The standard InChI is InChI=1S/C9H18O2.C4H10O/c1-3-4-7-10-9(2)6-5-8-11-9;1-3-5-4-2/h3-8H2,1-2H3;3-4H2,1-2H3. The molecule has 3 heteroatoms. The zero-order valence-corrected chi connectivity index (χ0v) is 11.4. The first-order valence-electron chi connectivity index (χ1n) is 6.54. The molecule has 0 aromatic rings. The molecule has 0 bridgehead atoms.